The minimum Gasteiger partial charge on any atom is -0.385 e. The zero-order valence-corrected chi connectivity index (χ0v) is 23.6. The van der Waals surface area contributed by atoms with E-state index in [1.54, 1.807) is 13.2 Å². The van der Waals surface area contributed by atoms with Gasteiger partial charge >= 0.3 is 0 Å². The molecule has 0 aliphatic carbocycles. The molecule has 5 rings (SSSR count). The summed E-state index contributed by atoms with van der Waals surface area (Å²) in [6.45, 7) is 10.00. The lowest BCUT2D eigenvalue weighted by atomic mass is 9.90. The molecule has 1 fully saturated rings. The smallest absolute Gasteiger partial charge is 0.229 e. The van der Waals surface area contributed by atoms with Crippen molar-refractivity contribution in [2.24, 2.45) is 5.92 Å². The van der Waals surface area contributed by atoms with Crippen LogP contribution in [0.5, 0.6) is 0 Å². The van der Waals surface area contributed by atoms with E-state index in [9.17, 15) is 8.78 Å². The lowest BCUT2D eigenvalue weighted by Gasteiger charge is -2.31. The summed E-state index contributed by atoms with van der Waals surface area (Å²) in [5.74, 6) is 0.942. The van der Waals surface area contributed by atoms with Crippen LogP contribution in [0.3, 0.4) is 0 Å². The Bertz CT molecular complexity index is 1450. The maximum absolute atomic E-state index is 15.0. The number of aryl methyl sites for hydroxylation is 1. The van der Waals surface area contributed by atoms with Gasteiger partial charge in [-0.3, -0.25) is 0 Å². The molecular weight excluding hydrogens is 512 g/mol. The highest BCUT2D eigenvalue weighted by atomic mass is 19.1. The van der Waals surface area contributed by atoms with Gasteiger partial charge in [0.1, 0.15) is 22.9 Å². The number of anilines is 2. The molecule has 0 radical (unpaired) electrons. The minimum absolute atomic E-state index is 0.0117. The number of ether oxygens (including phenoxy) is 1. The van der Waals surface area contributed by atoms with Gasteiger partial charge in [-0.15, -0.1) is 0 Å². The van der Waals surface area contributed by atoms with E-state index in [-0.39, 0.29) is 23.2 Å². The molecule has 1 aliphatic rings. The first-order chi connectivity index (χ1) is 19.3. The number of aromatic nitrogens is 5. The Labute approximate surface area is 233 Å². The Morgan fingerprint density at radius 1 is 1.05 bits per heavy atom. The molecule has 10 heteroatoms. The van der Waals surface area contributed by atoms with E-state index in [1.165, 1.54) is 24.5 Å². The SMILES string of the molecule is COCCCN1CCC(Cc2ccc(Nc3ncc(F)c(-c4cc(F)c5nc(C)n(C(C)C)c5c4)n3)nc2)CC1. The molecule has 1 aromatic carbocycles. The molecule has 212 valence electrons. The highest BCUT2D eigenvalue weighted by molar-refractivity contribution is 5.83. The van der Waals surface area contributed by atoms with Crippen molar-refractivity contribution in [3.8, 4) is 11.3 Å². The van der Waals surface area contributed by atoms with Crippen LogP contribution in [0.1, 0.15) is 50.5 Å². The topological polar surface area (TPSA) is 81.0 Å². The molecule has 1 N–H and O–H groups in total. The maximum atomic E-state index is 15.0. The van der Waals surface area contributed by atoms with Crippen LogP contribution in [0.2, 0.25) is 0 Å². The quantitative estimate of drug-likeness (QED) is 0.240. The molecule has 0 saturated carbocycles. The number of piperidine rings is 1. The molecular formula is C30H37F2N7O. The summed E-state index contributed by atoms with van der Waals surface area (Å²) < 4.78 is 36.9. The molecule has 0 unspecified atom stereocenters. The molecule has 4 aromatic rings. The molecule has 3 aromatic heterocycles. The van der Waals surface area contributed by atoms with Gasteiger partial charge in [-0.1, -0.05) is 6.07 Å². The van der Waals surface area contributed by atoms with Crippen LogP contribution in [0.4, 0.5) is 20.5 Å². The molecule has 1 aliphatic heterocycles. The van der Waals surface area contributed by atoms with Crippen LogP contribution in [0.25, 0.3) is 22.3 Å². The number of methoxy groups -OCH3 is 1. The van der Waals surface area contributed by atoms with Crippen molar-refractivity contribution >= 4 is 22.8 Å². The number of pyridine rings is 1. The second kappa shape index (κ2) is 12.3. The summed E-state index contributed by atoms with van der Waals surface area (Å²) in [6, 6.07) is 7.01. The van der Waals surface area contributed by atoms with Gasteiger partial charge in [-0.2, -0.15) is 0 Å². The Kier molecular flexibility index (Phi) is 8.66. The second-order valence-corrected chi connectivity index (χ2v) is 10.9. The van der Waals surface area contributed by atoms with Gasteiger partial charge in [-0.05, 0) is 89.2 Å². The van der Waals surface area contributed by atoms with Crippen molar-refractivity contribution in [1.29, 1.82) is 0 Å². The highest BCUT2D eigenvalue weighted by Gasteiger charge is 2.20. The summed E-state index contributed by atoms with van der Waals surface area (Å²) in [6.07, 6.45) is 7.40. The summed E-state index contributed by atoms with van der Waals surface area (Å²) in [4.78, 5) is 19.9. The van der Waals surface area contributed by atoms with Gasteiger partial charge in [0.25, 0.3) is 0 Å². The van der Waals surface area contributed by atoms with Gasteiger partial charge < -0.3 is 19.5 Å². The van der Waals surface area contributed by atoms with Crippen molar-refractivity contribution in [2.75, 3.05) is 38.7 Å². The highest BCUT2D eigenvalue weighted by Crippen LogP contribution is 2.30. The minimum atomic E-state index is -0.635. The van der Waals surface area contributed by atoms with Crippen LogP contribution in [0.15, 0.2) is 36.7 Å². The number of nitrogens with zero attached hydrogens (tertiary/aromatic N) is 6. The van der Waals surface area contributed by atoms with Gasteiger partial charge in [0, 0.05) is 38.1 Å². The van der Waals surface area contributed by atoms with Gasteiger partial charge in [0.15, 0.2) is 11.6 Å². The lowest BCUT2D eigenvalue weighted by molar-refractivity contribution is 0.146. The van der Waals surface area contributed by atoms with E-state index in [0.29, 0.717) is 28.6 Å². The number of benzene rings is 1. The van der Waals surface area contributed by atoms with Gasteiger partial charge in [0.05, 0.1) is 11.7 Å². The average Bonchev–Trinajstić information content (AvgIpc) is 3.28. The van der Waals surface area contributed by atoms with Crippen molar-refractivity contribution in [1.82, 2.24) is 29.4 Å². The first-order valence-electron chi connectivity index (χ1n) is 14.0. The average molecular weight is 550 g/mol. The molecule has 1 saturated heterocycles. The number of halogens is 2. The number of fused-ring (bicyclic) bond motifs is 1. The van der Waals surface area contributed by atoms with E-state index >= 15 is 0 Å². The van der Waals surface area contributed by atoms with Crippen LogP contribution < -0.4 is 5.32 Å². The molecule has 0 spiro atoms. The number of imidazole rings is 1. The van der Waals surface area contributed by atoms with Crippen LogP contribution in [0, 0.1) is 24.5 Å². The molecule has 8 nitrogen and oxygen atoms in total. The fourth-order valence-electron chi connectivity index (χ4n) is 5.60. The predicted octanol–water partition coefficient (Wildman–Crippen LogP) is 6.09. The number of nitrogens with one attached hydrogen (secondary N) is 1. The summed E-state index contributed by atoms with van der Waals surface area (Å²) >= 11 is 0. The summed E-state index contributed by atoms with van der Waals surface area (Å²) in [7, 11) is 1.75. The largest absolute Gasteiger partial charge is 0.385 e. The normalized spacial score (nSPS) is 14.9. The van der Waals surface area contributed by atoms with Crippen molar-refractivity contribution in [3.63, 3.8) is 0 Å². The molecule has 40 heavy (non-hydrogen) atoms. The fourth-order valence-corrected chi connectivity index (χ4v) is 5.60. The van der Waals surface area contributed by atoms with Crippen molar-refractivity contribution in [3.05, 3.63) is 59.7 Å². The third kappa shape index (κ3) is 6.28. The predicted molar refractivity (Wildman–Crippen MR) is 153 cm³/mol. The van der Waals surface area contributed by atoms with E-state index in [1.807, 2.05) is 37.6 Å². The van der Waals surface area contributed by atoms with Gasteiger partial charge in [-0.25, -0.2) is 28.7 Å². The van der Waals surface area contributed by atoms with E-state index in [4.69, 9.17) is 4.74 Å². The Hall–Kier alpha value is -3.50. The van der Waals surface area contributed by atoms with Crippen LogP contribution >= 0.6 is 0 Å². The first kappa shape index (κ1) is 28.0. The Morgan fingerprint density at radius 2 is 1.85 bits per heavy atom. The maximum Gasteiger partial charge on any atom is 0.229 e. The Balaban J connectivity index is 1.26. The second-order valence-electron chi connectivity index (χ2n) is 10.9. The third-order valence-electron chi connectivity index (χ3n) is 7.58. The van der Waals surface area contributed by atoms with Gasteiger partial charge in [0.2, 0.25) is 5.95 Å². The molecule has 0 bridgehead atoms. The van der Waals surface area contributed by atoms with E-state index < -0.39 is 11.6 Å². The zero-order valence-electron chi connectivity index (χ0n) is 23.6. The lowest BCUT2D eigenvalue weighted by Crippen LogP contribution is -2.35. The van der Waals surface area contributed by atoms with Crippen molar-refractivity contribution < 1.29 is 13.5 Å². The summed E-state index contributed by atoms with van der Waals surface area (Å²) in [5, 5.41) is 3.06. The zero-order chi connectivity index (χ0) is 28.2. The Morgan fingerprint density at radius 3 is 2.55 bits per heavy atom. The number of hydrogen-bond acceptors (Lipinski definition) is 7. The van der Waals surface area contributed by atoms with E-state index in [2.05, 4.69) is 36.2 Å². The van der Waals surface area contributed by atoms with Crippen LogP contribution in [-0.4, -0.2) is 62.8 Å². The molecule has 0 amide bonds. The van der Waals surface area contributed by atoms with E-state index in [0.717, 1.165) is 45.3 Å². The monoisotopic (exact) mass is 549 g/mol. The summed E-state index contributed by atoms with van der Waals surface area (Å²) in [5.41, 5.74) is 2.38. The first-order valence-corrected chi connectivity index (χ1v) is 14.0. The molecule has 0 atom stereocenters. The molecule has 4 heterocycles. The third-order valence-corrected chi connectivity index (χ3v) is 7.58. The van der Waals surface area contributed by atoms with Crippen molar-refractivity contribution in [2.45, 2.75) is 52.5 Å². The number of hydrogen-bond donors (Lipinski definition) is 1. The fraction of sp³-hybridized carbons (Fsp3) is 0.467. The standard InChI is InChI=1S/C30H37F2N7O/c1-19(2)39-20(3)35-29-24(31)15-23(16-26(29)39)28-25(32)18-34-30(37-28)36-27-7-6-22(17-33-27)14-21-8-11-38(12-9-21)10-5-13-40-4/h6-7,15-19,21H,5,8-14H2,1-4H3,(H,33,34,36,37). The number of likely N-dealkylation sites (tertiary alicyclic amines) is 1. The van der Waals surface area contributed by atoms with Crippen LogP contribution in [-0.2, 0) is 11.2 Å². The number of rotatable bonds is 10.